The van der Waals surface area contributed by atoms with Crippen molar-refractivity contribution in [2.75, 3.05) is 12.4 Å². The van der Waals surface area contributed by atoms with Crippen molar-refractivity contribution in [2.24, 2.45) is 4.99 Å². The van der Waals surface area contributed by atoms with Gasteiger partial charge in [0.05, 0.1) is 13.1 Å². The lowest BCUT2D eigenvalue weighted by Crippen LogP contribution is -2.25. The van der Waals surface area contributed by atoms with Crippen LogP contribution in [0.1, 0.15) is 18.1 Å². The normalized spacial score (nSPS) is 12.4. The van der Waals surface area contributed by atoms with Crippen molar-refractivity contribution >= 4 is 46.8 Å². The lowest BCUT2D eigenvalue weighted by Gasteiger charge is -2.14. The number of esters is 1. The topological polar surface area (TPSA) is 38.7 Å². The number of halogens is 1. The average molecular weight is 388 g/mol. The molecule has 0 aliphatic carbocycles. The van der Waals surface area contributed by atoms with E-state index >= 15 is 0 Å². The van der Waals surface area contributed by atoms with E-state index in [9.17, 15) is 4.79 Å². The van der Waals surface area contributed by atoms with E-state index in [1.165, 1.54) is 6.92 Å². The number of benzene rings is 1. The minimum atomic E-state index is -1.19. The van der Waals surface area contributed by atoms with Crippen LogP contribution in [-0.4, -0.2) is 31.5 Å². The summed E-state index contributed by atoms with van der Waals surface area (Å²) in [6, 6.07) is 6.05. The van der Waals surface area contributed by atoms with Gasteiger partial charge < -0.3 is 4.74 Å². The number of carbonyl (C=O) groups excluding carboxylic acids is 1. The van der Waals surface area contributed by atoms with E-state index in [1.807, 2.05) is 24.5 Å². The molecular weight excluding hydrogens is 366 g/mol. The number of hydrogen-bond acceptors (Lipinski definition) is 4. The number of thioether (sulfide) groups is 1. The smallest absolute Gasteiger partial charge is 0.302 e. The summed E-state index contributed by atoms with van der Waals surface area (Å²) in [6.07, 6.45) is 2.97. The molecule has 21 heavy (non-hydrogen) atoms. The number of hydrogen-bond donors (Lipinski definition) is 0. The highest BCUT2D eigenvalue weighted by atomic mass is 79.9. The Labute approximate surface area is 140 Å². The summed E-state index contributed by atoms with van der Waals surface area (Å²) in [5.41, 5.74) is 2.05. The van der Waals surface area contributed by atoms with Gasteiger partial charge in [-0.25, -0.2) is 0 Å². The SMILES string of the molecule is CS/C(=N/C[Si](C)(C)C)c1ccc(COC(C)=O)c(Br)c1. The zero-order valence-electron chi connectivity index (χ0n) is 13.2. The van der Waals surface area contributed by atoms with Gasteiger partial charge >= 0.3 is 5.97 Å². The van der Waals surface area contributed by atoms with E-state index in [4.69, 9.17) is 9.73 Å². The molecule has 1 aromatic carbocycles. The molecule has 0 unspecified atom stereocenters. The molecule has 0 saturated carbocycles. The van der Waals surface area contributed by atoms with Crippen LogP contribution >= 0.6 is 27.7 Å². The van der Waals surface area contributed by atoms with Crippen LogP contribution in [0.25, 0.3) is 0 Å². The first-order chi connectivity index (χ1) is 9.73. The maximum Gasteiger partial charge on any atom is 0.302 e. The molecule has 6 heteroatoms. The van der Waals surface area contributed by atoms with Crippen molar-refractivity contribution in [3.8, 4) is 0 Å². The van der Waals surface area contributed by atoms with Gasteiger partial charge in [0.25, 0.3) is 0 Å². The van der Waals surface area contributed by atoms with Crippen LogP contribution in [0.4, 0.5) is 0 Å². The Morgan fingerprint density at radius 1 is 1.38 bits per heavy atom. The van der Waals surface area contributed by atoms with Crippen molar-refractivity contribution in [1.29, 1.82) is 0 Å². The first-order valence-corrected chi connectivity index (χ1v) is 12.5. The molecule has 0 N–H and O–H groups in total. The van der Waals surface area contributed by atoms with E-state index in [-0.39, 0.29) is 12.6 Å². The van der Waals surface area contributed by atoms with Gasteiger partial charge in [0.15, 0.2) is 0 Å². The third-order valence-electron chi connectivity index (χ3n) is 2.62. The number of aliphatic imine (C=N–C) groups is 1. The fraction of sp³-hybridized carbons (Fsp3) is 0.467. The monoisotopic (exact) mass is 387 g/mol. The quantitative estimate of drug-likeness (QED) is 0.323. The van der Waals surface area contributed by atoms with Crippen molar-refractivity contribution in [1.82, 2.24) is 0 Å². The Kier molecular flexibility index (Phi) is 7.16. The molecule has 0 atom stereocenters. The summed E-state index contributed by atoms with van der Waals surface area (Å²) >= 11 is 5.20. The van der Waals surface area contributed by atoms with Gasteiger partial charge in [0, 0.05) is 28.7 Å². The molecule has 0 saturated heterocycles. The van der Waals surface area contributed by atoms with E-state index < -0.39 is 8.07 Å². The van der Waals surface area contributed by atoms with Crippen molar-refractivity contribution in [3.63, 3.8) is 0 Å². The summed E-state index contributed by atoms with van der Waals surface area (Å²) in [5.74, 6) is -0.271. The fourth-order valence-corrected chi connectivity index (χ4v) is 3.36. The van der Waals surface area contributed by atoms with Crippen LogP contribution in [-0.2, 0) is 16.1 Å². The van der Waals surface area contributed by atoms with E-state index in [1.54, 1.807) is 11.8 Å². The number of rotatable bonds is 5. The van der Waals surface area contributed by atoms with Crippen molar-refractivity contribution < 1.29 is 9.53 Å². The molecule has 0 aliphatic rings. The van der Waals surface area contributed by atoms with Gasteiger partial charge in [-0.2, -0.15) is 0 Å². The first-order valence-electron chi connectivity index (χ1n) is 6.73. The van der Waals surface area contributed by atoms with Crippen molar-refractivity contribution in [3.05, 3.63) is 33.8 Å². The second-order valence-electron chi connectivity index (χ2n) is 5.97. The molecule has 0 heterocycles. The van der Waals surface area contributed by atoms with Crippen LogP contribution in [0.5, 0.6) is 0 Å². The molecule has 0 fully saturated rings. The molecule has 0 aromatic heterocycles. The molecule has 0 amide bonds. The Hall–Kier alpha value is -0.593. The third kappa shape index (κ3) is 6.80. The Bertz CT molecular complexity index is 541. The Balaban J connectivity index is 2.92. The molecule has 116 valence electrons. The van der Waals surface area contributed by atoms with Crippen LogP contribution < -0.4 is 0 Å². The Morgan fingerprint density at radius 2 is 2.05 bits per heavy atom. The average Bonchev–Trinajstić information content (AvgIpc) is 2.37. The first kappa shape index (κ1) is 18.5. The highest BCUT2D eigenvalue weighted by Gasteiger charge is 2.13. The van der Waals surface area contributed by atoms with Gasteiger partial charge in [0.2, 0.25) is 0 Å². The number of nitrogens with zero attached hydrogens (tertiary/aromatic N) is 1. The van der Waals surface area contributed by atoms with Gasteiger partial charge in [-0.05, 0) is 12.3 Å². The molecule has 0 bridgehead atoms. The van der Waals surface area contributed by atoms with Crippen LogP contribution in [0.3, 0.4) is 0 Å². The summed E-state index contributed by atoms with van der Waals surface area (Å²) in [6.45, 7) is 8.64. The van der Waals surface area contributed by atoms with Gasteiger partial charge in [0.1, 0.15) is 6.61 Å². The molecule has 1 aromatic rings. The number of carbonyl (C=O) groups is 1. The van der Waals surface area contributed by atoms with E-state index in [2.05, 4.69) is 35.6 Å². The Morgan fingerprint density at radius 3 is 2.52 bits per heavy atom. The molecule has 0 radical (unpaired) electrons. The highest BCUT2D eigenvalue weighted by molar-refractivity contribution is 9.10. The van der Waals surface area contributed by atoms with Crippen LogP contribution in [0.15, 0.2) is 27.7 Å². The lowest BCUT2D eigenvalue weighted by molar-refractivity contribution is -0.142. The minimum absolute atomic E-state index is 0.271. The maximum absolute atomic E-state index is 10.9. The van der Waals surface area contributed by atoms with Gasteiger partial charge in [-0.3, -0.25) is 9.79 Å². The summed E-state index contributed by atoms with van der Waals surface area (Å²) < 4.78 is 5.97. The van der Waals surface area contributed by atoms with E-state index in [0.717, 1.165) is 26.8 Å². The molecule has 3 nitrogen and oxygen atoms in total. The zero-order chi connectivity index (χ0) is 16.0. The van der Waals surface area contributed by atoms with Gasteiger partial charge in [-0.15, -0.1) is 11.8 Å². The predicted octanol–water partition coefficient (Wildman–Crippen LogP) is 4.50. The molecular formula is C15H22BrNO2SSi. The predicted molar refractivity (Wildman–Crippen MR) is 97.9 cm³/mol. The third-order valence-corrected chi connectivity index (χ3v) is 5.22. The van der Waals surface area contributed by atoms with Crippen LogP contribution in [0.2, 0.25) is 19.6 Å². The maximum atomic E-state index is 10.9. The largest absolute Gasteiger partial charge is 0.461 e. The standard InChI is InChI=1S/C15H22BrNO2SSi/c1-11(18)19-9-13-7-6-12(8-14(13)16)15(20-2)17-10-21(3,4)5/h6-8H,9-10H2,1-5H3/b17-15+. The van der Waals surface area contributed by atoms with Gasteiger partial charge in [-0.1, -0.05) is 47.7 Å². The van der Waals surface area contributed by atoms with Crippen LogP contribution in [0, 0.1) is 0 Å². The summed E-state index contributed by atoms with van der Waals surface area (Å²) in [5, 5.41) is 1.05. The summed E-state index contributed by atoms with van der Waals surface area (Å²) in [4.78, 5) is 15.6. The second-order valence-corrected chi connectivity index (χ2v) is 13.1. The molecule has 1 rings (SSSR count). The minimum Gasteiger partial charge on any atom is -0.461 e. The highest BCUT2D eigenvalue weighted by Crippen LogP contribution is 2.22. The molecule has 0 spiro atoms. The zero-order valence-corrected chi connectivity index (χ0v) is 16.6. The summed E-state index contributed by atoms with van der Waals surface area (Å²) in [7, 11) is -1.19. The fourth-order valence-electron chi connectivity index (χ4n) is 1.56. The lowest BCUT2D eigenvalue weighted by atomic mass is 10.1. The molecule has 0 aliphatic heterocycles. The van der Waals surface area contributed by atoms with E-state index in [0.29, 0.717) is 0 Å². The second kappa shape index (κ2) is 8.15. The number of ether oxygens (including phenoxy) is 1. The van der Waals surface area contributed by atoms with Crippen molar-refractivity contribution in [2.45, 2.75) is 33.2 Å².